The molecule has 1 rings (SSSR count). The molecule has 2 heteroatoms. The molecule has 1 unspecified atom stereocenters. The SMILES string of the molecule is CCCCC(CC)(CNCC(C)C)Cc1ccc(Br)cc1. The van der Waals surface area contributed by atoms with Crippen molar-refractivity contribution in [3.8, 4) is 0 Å². The molecule has 0 spiro atoms. The molecule has 0 aromatic heterocycles. The number of hydrogen-bond acceptors (Lipinski definition) is 1. The van der Waals surface area contributed by atoms with Gasteiger partial charge in [0.25, 0.3) is 0 Å². The molecule has 1 aromatic carbocycles. The Labute approximate surface area is 140 Å². The van der Waals surface area contributed by atoms with Crippen molar-refractivity contribution in [1.29, 1.82) is 0 Å². The van der Waals surface area contributed by atoms with E-state index < -0.39 is 0 Å². The average molecular weight is 354 g/mol. The highest BCUT2D eigenvalue weighted by Gasteiger charge is 2.27. The zero-order valence-electron chi connectivity index (χ0n) is 14.2. The Kier molecular flexibility index (Phi) is 8.58. The lowest BCUT2D eigenvalue weighted by Crippen LogP contribution is -2.37. The number of unbranched alkanes of at least 4 members (excludes halogenated alkanes) is 1. The van der Waals surface area contributed by atoms with Crippen LogP contribution in [-0.2, 0) is 6.42 Å². The van der Waals surface area contributed by atoms with E-state index >= 15 is 0 Å². The monoisotopic (exact) mass is 353 g/mol. The van der Waals surface area contributed by atoms with E-state index in [1.165, 1.54) is 42.1 Å². The van der Waals surface area contributed by atoms with Crippen molar-refractivity contribution >= 4 is 15.9 Å². The molecular weight excluding hydrogens is 322 g/mol. The van der Waals surface area contributed by atoms with E-state index in [9.17, 15) is 0 Å². The Balaban J connectivity index is 2.75. The number of rotatable bonds is 10. The van der Waals surface area contributed by atoms with Crippen molar-refractivity contribution in [3.63, 3.8) is 0 Å². The minimum absolute atomic E-state index is 0.402. The van der Waals surface area contributed by atoms with E-state index in [2.05, 4.69) is 73.2 Å². The molecule has 0 saturated heterocycles. The summed E-state index contributed by atoms with van der Waals surface area (Å²) in [6.45, 7) is 11.5. The molecule has 0 radical (unpaired) electrons. The summed E-state index contributed by atoms with van der Waals surface area (Å²) in [7, 11) is 0. The lowest BCUT2D eigenvalue weighted by Gasteiger charge is -2.34. The lowest BCUT2D eigenvalue weighted by molar-refractivity contribution is 0.226. The summed E-state index contributed by atoms with van der Waals surface area (Å²) in [5.41, 5.74) is 1.86. The van der Waals surface area contributed by atoms with Crippen molar-refractivity contribution < 1.29 is 0 Å². The minimum atomic E-state index is 0.402. The first-order valence-corrected chi connectivity index (χ1v) is 9.26. The third-order valence-electron chi connectivity index (χ3n) is 4.36. The quantitative estimate of drug-likeness (QED) is 0.558. The summed E-state index contributed by atoms with van der Waals surface area (Å²) >= 11 is 3.53. The summed E-state index contributed by atoms with van der Waals surface area (Å²) < 4.78 is 1.17. The van der Waals surface area contributed by atoms with Crippen LogP contribution in [0.2, 0.25) is 0 Å². The van der Waals surface area contributed by atoms with Gasteiger partial charge < -0.3 is 5.32 Å². The van der Waals surface area contributed by atoms with Crippen LogP contribution in [0.1, 0.15) is 58.9 Å². The molecule has 21 heavy (non-hydrogen) atoms. The van der Waals surface area contributed by atoms with Crippen LogP contribution in [0.3, 0.4) is 0 Å². The highest BCUT2D eigenvalue weighted by molar-refractivity contribution is 9.10. The van der Waals surface area contributed by atoms with Gasteiger partial charge in [-0.3, -0.25) is 0 Å². The second kappa shape index (κ2) is 9.63. The smallest absolute Gasteiger partial charge is 0.0175 e. The van der Waals surface area contributed by atoms with E-state index in [1.54, 1.807) is 0 Å². The fourth-order valence-electron chi connectivity index (χ4n) is 2.88. The summed E-state index contributed by atoms with van der Waals surface area (Å²) in [5, 5.41) is 3.71. The number of hydrogen-bond donors (Lipinski definition) is 1. The molecule has 0 bridgehead atoms. The number of nitrogens with one attached hydrogen (secondary N) is 1. The molecule has 0 heterocycles. The van der Waals surface area contributed by atoms with E-state index in [4.69, 9.17) is 0 Å². The van der Waals surface area contributed by atoms with Gasteiger partial charge in [0.15, 0.2) is 0 Å². The largest absolute Gasteiger partial charge is 0.316 e. The fourth-order valence-corrected chi connectivity index (χ4v) is 3.14. The zero-order valence-corrected chi connectivity index (χ0v) is 15.8. The lowest BCUT2D eigenvalue weighted by atomic mass is 9.75. The van der Waals surface area contributed by atoms with Crippen LogP contribution < -0.4 is 5.32 Å². The molecule has 0 aliphatic rings. The Morgan fingerprint density at radius 3 is 2.33 bits per heavy atom. The van der Waals surface area contributed by atoms with Crippen molar-refractivity contribution in [2.45, 2.75) is 59.8 Å². The molecule has 0 aliphatic heterocycles. The molecule has 0 fully saturated rings. The number of halogens is 1. The summed E-state index contributed by atoms with van der Waals surface area (Å²) in [6.07, 6.45) is 6.36. The zero-order chi connectivity index (χ0) is 15.7. The standard InChI is InChI=1S/C19H32BrN/c1-5-7-12-19(6-2,15-21-14-16(3)4)13-17-8-10-18(20)11-9-17/h8-11,16,21H,5-7,12-15H2,1-4H3. The van der Waals surface area contributed by atoms with Gasteiger partial charge in [0.1, 0.15) is 0 Å². The van der Waals surface area contributed by atoms with Gasteiger partial charge in [-0.15, -0.1) is 0 Å². The maximum Gasteiger partial charge on any atom is 0.0175 e. The third kappa shape index (κ3) is 6.97. The summed E-state index contributed by atoms with van der Waals surface area (Å²) in [5.74, 6) is 0.721. The normalized spacial score (nSPS) is 14.4. The predicted molar refractivity (Wildman–Crippen MR) is 97.8 cm³/mol. The van der Waals surface area contributed by atoms with Crippen molar-refractivity contribution in [3.05, 3.63) is 34.3 Å². The molecule has 1 atom stereocenters. The van der Waals surface area contributed by atoms with E-state index in [0.717, 1.165) is 19.0 Å². The first-order chi connectivity index (χ1) is 10.0. The van der Waals surface area contributed by atoms with E-state index in [1.807, 2.05) is 0 Å². The predicted octanol–water partition coefficient (Wildman–Crippen LogP) is 5.82. The first-order valence-electron chi connectivity index (χ1n) is 8.46. The highest BCUT2D eigenvalue weighted by Crippen LogP contribution is 2.33. The molecule has 120 valence electrons. The van der Waals surface area contributed by atoms with Gasteiger partial charge in [-0.1, -0.05) is 68.6 Å². The molecule has 0 saturated carbocycles. The van der Waals surface area contributed by atoms with Gasteiger partial charge in [0.2, 0.25) is 0 Å². The maximum atomic E-state index is 3.71. The molecule has 0 amide bonds. The average Bonchev–Trinajstić information content (AvgIpc) is 2.46. The Bertz CT molecular complexity index is 385. The number of benzene rings is 1. The highest BCUT2D eigenvalue weighted by atomic mass is 79.9. The van der Waals surface area contributed by atoms with Gasteiger partial charge >= 0.3 is 0 Å². The first kappa shape index (κ1) is 18.7. The molecule has 1 aromatic rings. The third-order valence-corrected chi connectivity index (χ3v) is 4.88. The summed E-state index contributed by atoms with van der Waals surface area (Å²) in [4.78, 5) is 0. The van der Waals surface area contributed by atoms with Crippen LogP contribution >= 0.6 is 15.9 Å². The van der Waals surface area contributed by atoms with Gasteiger partial charge in [-0.25, -0.2) is 0 Å². The molecular formula is C19H32BrN. The van der Waals surface area contributed by atoms with Crippen molar-refractivity contribution in [1.82, 2.24) is 5.32 Å². The van der Waals surface area contributed by atoms with Crippen LogP contribution in [0, 0.1) is 11.3 Å². The Hall–Kier alpha value is -0.340. The minimum Gasteiger partial charge on any atom is -0.316 e. The van der Waals surface area contributed by atoms with Crippen LogP contribution in [0.15, 0.2) is 28.7 Å². The van der Waals surface area contributed by atoms with E-state index in [0.29, 0.717) is 5.41 Å². The van der Waals surface area contributed by atoms with Crippen LogP contribution in [0.4, 0.5) is 0 Å². The molecule has 1 nitrogen and oxygen atoms in total. The van der Waals surface area contributed by atoms with Gasteiger partial charge in [0, 0.05) is 11.0 Å². The topological polar surface area (TPSA) is 12.0 Å². The van der Waals surface area contributed by atoms with Gasteiger partial charge in [-0.2, -0.15) is 0 Å². The molecule has 0 aliphatic carbocycles. The maximum absolute atomic E-state index is 3.71. The van der Waals surface area contributed by atoms with Crippen LogP contribution in [-0.4, -0.2) is 13.1 Å². The van der Waals surface area contributed by atoms with Crippen molar-refractivity contribution in [2.75, 3.05) is 13.1 Å². The van der Waals surface area contributed by atoms with Crippen LogP contribution in [0.5, 0.6) is 0 Å². The van der Waals surface area contributed by atoms with Gasteiger partial charge in [-0.05, 0) is 54.8 Å². The van der Waals surface area contributed by atoms with E-state index in [-0.39, 0.29) is 0 Å². The van der Waals surface area contributed by atoms with Crippen molar-refractivity contribution in [2.24, 2.45) is 11.3 Å². The van der Waals surface area contributed by atoms with Gasteiger partial charge in [0.05, 0.1) is 0 Å². The Morgan fingerprint density at radius 2 is 1.81 bits per heavy atom. The second-order valence-electron chi connectivity index (χ2n) is 6.79. The molecule has 1 N–H and O–H groups in total. The van der Waals surface area contributed by atoms with Crippen LogP contribution in [0.25, 0.3) is 0 Å². The second-order valence-corrected chi connectivity index (χ2v) is 7.70. The Morgan fingerprint density at radius 1 is 1.14 bits per heavy atom. The fraction of sp³-hybridized carbons (Fsp3) is 0.684. The summed E-state index contributed by atoms with van der Waals surface area (Å²) in [6, 6.07) is 8.86.